The summed E-state index contributed by atoms with van der Waals surface area (Å²) in [4.78, 5) is 26.7. The van der Waals surface area contributed by atoms with Crippen molar-refractivity contribution in [2.75, 3.05) is 7.11 Å². The van der Waals surface area contributed by atoms with E-state index < -0.39 is 17.9 Å². The van der Waals surface area contributed by atoms with Gasteiger partial charge in [-0.3, -0.25) is 9.69 Å². The number of aliphatic carboxylic acids is 1. The Morgan fingerprint density at radius 3 is 2.49 bits per heavy atom. The summed E-state index contributed by atoms with van der Waals surface area (Å²) in [6.45, 7) is 0.335. The molecule has 4 rings (SSSR count). The molecule has 1 saturated heterocycles. The van der Waals surface area contributed by atoms with Gasteiger partial charge in [-0.15, -0.1) is 0 Å². The van der Waals surface area contributed by atoms with Crippen molar-refractivity contribution in [3.63, 3.8) is 0 Å². The number of hydrogen-bond acceptors (Lipinski definition) is 6. The Balaban J connectivity index is 1.55. The highest BCUT2D eigenvalue weighted by Gasteiger charge is 2.41. The van der Waals surface area contributed by atoms with Crippen LogP contribution in [0.15, 0.2) is 77.7 Å². The summed E-state index contributed by atoms with van der Waals surface area (Å²) in [6.07, 6.45) is 1.66. The number of ether oxygens (including phenoxy) is 2. The van der Waals surface area contributed by atoms with Crippen molar-refractivity contribution < 1.29 is 24.2 Å². The molecule has 1 aliphatic heterocycles. The maximum Gasteiger partial charge on any atom is 0.331 e. The molecule has 1 N–H and O–H groups in total. The van der Waals surface area contributed by atoms with E-state index in [0.29, 0.717) is 39.2 Å². The molecule has 0 aliphatic carbocycles. The Bertz CT molecular complexity index is 1290. The maximum atomic E-state index is 13.2. The van der Waals surface area contributed by atoms with Gasteiger partial charge in [0.2, 0.25) is 0 Å². The van der Waals surface area contributed by atoms with Crippen molar-refractivity contribution in [3.8, 4) is 11.5 Å². The van der Waals surface area contributed by atoms with E-state index in [9.17, 15) is 14.7 Å². The summed E-state index contributed by atoms with van der Waals surface area (Å²) < 4.78 is 11.5. The van der Waals surface area contributed by atoms with Crippen LogP contribution in [0.5, 0.6) is 11.5 Å². The average Bonchev–Trinajstić information content (AvgIpc) is 3.12. The number of carbonyl (C=O) groups excluding carboxylic acids is 1. The number of thioether (sulfide) groups is 1. The van der Waals surface area contributed by atoms with Crippen LogP contribution in [0.4, 0.5) is 0 Å². The highest BCUT2D eigenvalue weighted by atomic mass is 35.5. The lowest BCUT2D eigenvalue weighted by Gasteiger charge is -2.23. The van der Waals surface area contributed by atoms with Crippen LogP contribution in [0.2, 0.25) is 5.02 Å². The molecular weight excluding hydrogens is 506 g/mol. The van der Waals surface area contributed by atoms with Gasteiger partial charge in [0, 0.05) is 5.02 Å². The largest absolute Gasteiger partial charge is 0.493 e. The normalized spacial score (nSPS) is 15.4. The van der Waals surface area contributed by atoms with Crippen LogP contribution in [-0.4, -0.2) is 33.3 Å². The first-order chi connectivity index (χ1) is 16.9. The molecule has 9 heteroatoms. The summed E-state index contributed by atoms with van der Waals surface area (Å²) in [5, 5.41) is 10.5. The van der Waals surface area contributed by atoms with Gasteiger partial charge in [-0.1, -0.05) is 84.1 Å². The summed E-state index contributed by atoms with van der Waals surface area (Å²) >= 11 is 12.4. The van der Waals surface area contributed by atoms with E-state index in [2.05, 4.69) is 0 Å². The van der Waals surface area contributed by atoms with E-state index >= 15 is 0 Å². The molecule has 0 saturated carbocycles. The monoisotopic (exact) mass is 525 g/mol. The van der Waals surface area contributed by atoms with Crippen LogP contribution in [0.3, 0.4) is 0 Å². The Kier molecular flexibility index (Phi) is 7.75. The third kappa shape index (κ3) is 5.67. The summed E-state index contributed by atoms with van der Waals surface area (Å²) in [6, 6.07) is 20.0. The maximum absolute atomic E-state index is 13.2. The highest BCUT2D eigenvalue weighted by Crippen LogP contribution is 2.39. The lowest BCUT2D eigenvalue weighted by Crippen LogP contribution is -2.37. The smallest absolute Gasteiger partial charge is 0.331 e. The Labute approximate surface area is 217 Å². The fraction of sp³-hybridized carbons (Fsp3) is 0.115. The molecule has 1 heterocycles. The van der Waals surface area contributed by atoms with Crippen molar-refractivity contribution in [1.29, 1.82) is 0 Å². The SMILES string of the molecule is COc1cc(/C=C2/SC(=S)N([C@H](C(=O)O)c3ccccc3)C2=O)ccc1OCc1ccc(Cl)cc1. The fourth-order valence-electron chi connectivity index (χ4n) is 3.53. The van der Waals surface area contributed by atoms with E-state index in [1.165, 1.54) is 7.11 Å². The lowest BCUT2D eigenvalue weighted by molar-refractivity contribution is -0.145. The van der Waals surface area contributed by atoms with Crippen molar-refractivity contribution in [1.82, 2.24) is 4.90 Å². The second kappa shape index (κ2) is 10.9. The number of hydrogen-bond donors (Lipinski definition) is 1. The third-order valence-corrected chi connectivity index (χ3v) is 6.81. The quantitative estimate of drug-likeness (QED) is 0.287. The van der Waals surface area contributed by atoms with Gasteiger partial charge in [-0.2, -0.15) is 0 Å². The minimum atomic E-state index is -1.20. The second-order valence-electron chi connectivity index (χ2n) is 7.53. The zero-order chi connectivity index (χ0) is 24.9. The molecule has 0 radical (unpaired) electrons. The third-order valence-electron chi connectivity index (χ3n) is 5.22. The van der Waals surface area contributed by atoms with Gasteiger partial charge in [0.05, 0.1) is 12.0 Å². The highest BCUT2D eigenvalue weighted by molar-refractivity contribution is 8.26. The zero-order valence-electron chi connectivity index (χ0n) is 18.5. The van der Waals surface area contributed by atoms with Crippen molar-refractivity contribution >= 4 is 57.9 Å². The number of halogens is 1. The molecule has 1 aliphatic rings. The summed E-state index contributed by atoms with van der Waals surface area (Å²) in [5.74, 6) is -0.575. The van der Waals surface area contributed by atoms with Gasteiger partial charge in [-0.05, 0) is 47.0 Å². The number of nitrogens with zero attached hydrogens (tertiary/aromatic N) is 1. The standard InChI is InChI=1S/C26H20ClNO5S2/c1-32-21-13-17(9-12-20(21)33-15-16-7-10-19(27)11-8-16)14-22-24(29)28(26(34)35-22)23(25(30)31)18-5-3-2-4-6-18/h2-14,23H,15H2,1H3,(H,30,31)/b22-14+/t23-/m0/s1. The number of carboxylic acids is 1. The summed E-state index contributed by atoms with van der Waals surface area (Å²) in [5.41, 5.74) is 2.12. The van der Waals surface area contributed by atoms with E-state index in [1.807, 2.05) is 12.1 Å². The molecule has 3 aromatic rings. The van der Waals surface area contributed by atoms with Crippen molar-refractivity contribution in [2.24, 2.45) is 0 Å². The van der Waals surface area contributed by atoms with Gasteiger partial charge >= 0.3 is 5.97 Å². The molecule has 0 bridgehead atoms. The number of thiocarbonyl (C=S) groups is 1. The van der Waals surface area contributed by atoms with Crippen LogP contribution in [0, 0.1) is 0 Å². The van der Waals surface area contributed by atoms with Crippen LogP contribution in [0.25, 0.3) is 6.08 Å². The number of carboxylic acid groups (broad SMARTS) is 1. The first-order valence-corrected chi connectivity index (χ1v) is 12.1. The van der Waals surface area contributed by atoms with Crippen LogP contribution in [0.1, 0.15) is 22.7 Å². The number of amides is 1. The van der Waals surface area contributed by atoms with Crippen molar-refractivity contribution in [2.45, 2.75) is 12.6 Å². The van der Waals surface area contributed by atoms with E-state index in [4.69, 9.17) is 33.3 Å². The predicted molar refractivity (Wildman–Crippen MR) is 141 cm³/mol. The van der Waals surface area contributed by atoms with Crippen LogP contribution < -0.4 is 9.47 Å². The Morgan fingerprint density at radius 1 is 1.11 bits per heavy atom. The molecule has 0 unspecified atom stereocenters. The predicted octanol–water partition coefficient (Wildman–Crippen LogP) is 5.95. The van der Waals surface area contributed by atoms with E-state index in [-0.39, 0.29) is 4.32 Å². The molecule has 1 amide bonds. The average molecular weight is 526 g/mol. The lowest BCUT2D eigenvalue weighted by atomic mass is 10.1. The first-order valence-electron chi connectivity index (χ1n) is 10.5. The topological polar surface area (TPSA) is 76.1 Å². The number of carbonyl (C=O) groups is 2. The summed E-state index contributed by atoms with van der Waals surface area (Å²) in [7, 11) is 1.53. The van der Waals surface area contributed by atoms with Gasteiger partial charge in [0.15, 0.2) is 17.5 Å². The second-order valence-corrected chi connectivity index (χ2v) is 9.64. The molecular formula is C26H20ClNO5S2. The number of rotatable bonds is 8. The Hall–Kier alpha value is -3.33. The van der Waals surface area contributed by atoms with Gasteiger partial charge in [0.25, 0.3) is 5.91 Å². The van der Waals surface area contributed by atoms with Crippen LogP contribution in [-0.2, 0) is 16.2 Å². The minimum Gasteiger partial charge on any atom is -0.493 e. The van der Waals surface area contributed by atoms with E-state index in [1.54, 1.807) is 66.7 Å². The molecule has 35 heavy (non-hydrogen) atoms. The van der Waals surface area contributed by atoms with Crippen molar-refractivity contribution in [3.05, 3.63) is 99.4 Å². The minimum absolute atomic E-state index is 0.187. The Morgan fingerprint density at radius 2 is 1.83 bits per heavy atom. The zero-order valence-corrected chi connectivity index (χ0v) is 20.9. The molecule has 1 atom stereocenters. The molecule has 0 aromatic heterocycles. The molecule has 1 fully saturated rings. The van der Waals surface area contributed by atoms with E-state index in [0.717, 1.165) is 22.2 Å². The molecule has 6 nitrogen and oxygen atoms in total. The van der Waals surface area contributed by atoms with Gasteiger partial charge in [0.1, 0.15) is 10.9 Å². The van der Waals surface area contributed by atoms with Crippen LogP contribution >= 0.6 is 35.6 Å². The number of methoxy groups -OCH3 is 1. The fourth-order valence-corrected chi connectivity index (χ4v) is 4.97. The van der Waals surface area contributed by atoms with Gasteiger partial charge in [-0.25, -0.2) is 4.79 Å². The molecule has 3 aromatic carbocycles. The number of benzene rings is 3. The molecule has 178 valence electrons. The first kappa shape index (κ1) is 24.8. The molecule has 0 spiro atoms. The van der Waals surface area contributed by atoms with Gasteiger partial charge < -0.3 is 14.6 Å².